The van der Waals surface area contributed by atoms with Crippen LogP contribution in [0.25, 0.3) is 0 Å². The lowest BCUT2D eigenvalue weighted by Gasteiger charge is -2.02. The predicted molar refractivity (Wildman–Crippen MR) is 79.7 cm³/mol. The number of rotatable bonds is 3. The van der Waals surface area contributed by atoms with Crippen LogP contribution in [-0.4, -0.2) is 33.2 Å². The van der Waals surface area contributed by atoms with Gasteiger partial charge in [-0.2, -0.15) is 0 Å². The van der Waals surface area contributed by atoms with Gasteiger partial charge in [-0.15, -0.1) is 0 Å². The lowest BCUT2D eigenvalue weighted by molar-refractivity contribution is 0.0651. The first-order valence-electron chi connectivity index (χ1n) is 6.35. The maximum absolute atomic E-state index is 11.1. The van der Waals surface area contributed by atoms with E-state index in [2.05, 4.69) is 11.8 Å². The van der Waals surface area contributed by atoms with Crippen molar-refractivity contribution in [2.45, 2.75) is 0 Å². The Morgan fingerprint density at radius 2 is 1.30 bits per heavy atom. The van der Waals surface area contributed by atoms with Gasteiger partial charge in [0.25, 0.3) is 0 Å². The molecular weight excluding hydrogens is 300 g/mol. The lowest BCUT2D eigenvalue weighted by atomic mass is 10.0. The van der Waals surface area contributed by atoms with Crippen molar-refractivity contribution >= 4 is 17.9 Å². The Labute approximate surface area is 130 Å². The molecule has 0 heterocycles. The van der Waals surface area contributed by atoms with Crippen molar-refractivity contribution in [2.24, 2.45) is 0 Å². The van der Waals surface area contributed by atoms with Crippen LogP contribution in [0.15, 0.2) is 42.5 Å². The number of carbonyl (C=O) groups is 3. The molecule has 0 aliphatic heterocycles. The van der Waals surface area contributed by atoms with Gasteiger partial charge >= 0.3 is 17.9 Å². The SMILES string of the molecule is O=C(O)c1ccccc1C#Cc1ccc(C(=O)O)c(C(=O)O)c1. The van der Waals surface area contributed by atoms with E-state index in [1.54, 1.807) is 12.1 Å². The molecule has 0 bridgehead atoms. The Morgan fingerprint density at radius 1 is 0.696 bits per heavy atom. The number of aromatic carboxylic acids is 3. The van der Waals surface area contributed by atoms with Crippen LogP contribution in [0, 0.1) is 11.8 Å². The van der Waals surface area contributed by atoms with Crippen LogP contribution in [0.2, 0.25) is 0 Å². The van der Waals surface area contributed by atoms with Gasteiger partial charge < -0.3 is 15.3 Å². The summed E-state index contributed by atoms with van der Waals surface area (Å²) in [5.41, 5.74) is -0.141. The van der Waals surface area contributed by atoms with E-state index in [1.807, 2.05) is 0 Å². The fourth-order valence-electron chi connectivity index (χ4n) is 1.90. The van der Waals surface area contributed by atoms with Gasteiger partial charge in [0.1, 0.15) is 0 Å². The molecule has 0 unspecified atom stereocenters. The second kappa shape index (κ2) is 6.45. The Balaban J connectivity index is 2.47. The molecule has 0 spiro atoms. The van der Waals surface area contributed by atoms with E-state index < -0.39 is 17.9 Å². The Hall–Kier alpha value is -3.59. The zero-order valence-electron chi connectivity index (χ0n) is 11.6. The van der Waals surface area contributed by atoms with Crippen LogP contribution in [0.4, 0.5) is 0 Å². The Bertz CT molecular complexity index is 870. The molecule has 2 aromatic rings. The second-order valence-electron chi connectivity index (χ2n) is 4.47. The van der Waals surface area contributed by atoms with Crippen molar-refractivity contribution in [1.82, 2.24) is 0 Å². The molecule has 0 saturated carbocycles. The average molecular weight is 310 g/mol. The number of hydrogen-bond acceptors (Lipinski definition) is 3. The van der Waals surface area contributed by atoms with Gasteiger partial charge in [0, 0.05) is 11.1 Å². The van der Waals surface area contributed by atoms with Crippen molar-refractivity contribution in [1.29, 1.82) is 0 Å². The number of benzene rings is 2. The highest BCUT2D eigenvalue weighted by Gasteiger charge is 2.15. The van der Waals surface area contributed by atoms with Crippen LogP contribution in [0.5, 0.6) is 0 Å². The summed E-state index contributed by atoms with van der Waals surface area (Å²) in [5, 5.41) is 27.1. The first kappa shape index (κ1) is 15.8. The molecular formula is C17H10O6. The molecule has 0 fully saturated rings. The minimum Gasteiger partial charge on any atom is -0.478 e. The molecule has 6 nitrogen and oxygen atoms in total. The first-order valence-corrected chi connectivity index (χ1v) is 6.35. The zero-order valence-corrected chi connectivity index (χ0v) is 11.6. The van der Waals surface area contributed by atoms with E-state index in [1.165, 1.54) is 18.2 Å². The van der Waals surface area contributed by atoms with Gasteiger partial charge in [-0.1, -0.05) is 24.0 Å². The highest BCUT2D eigenvalue weighted by molar-refractivity contribution is 6.02. The van der Waals surface area contributed by atoms with Crippen LogP contribution in [-0.2, 0) is 0 Å². The summed E-state index contributed by atoms with van der Waals surface area (Å²) in [5.74, 6) is 1.45. The van der Waals surface area contributed by atoms with Crippen LogP contribution >= 0.6 is 0 Å². The van der Waals surface area contributed by atoms with Gasteiger partial charge in [-0.05, 0) is 30.3 Å². The summed E-state index contributed by atoms with van der Waals surface area (Å²) in [4.78, 5) is 33.2. The van der Waals surface area contributed by atoms with Gasteiger partial charge in [0.15, 0.2) is 0 Å². The van der Waals surface area contributed by atoms with Gasteiger partial charge in [-0.25, -0.2) is 14.4 Å². The van der Waals surface area contributed by atoms with Crippen molar-refractivity contribution in [3.63, 3.8) is 0 Å². The lowest BCUT2D eigenvalue weighted by Crippen LogP contribution is -2.08. The third kappa shape index (κ3) is 3.54. The predicted octanol–water partition coefficient (Wildman–Crippen LogP) is 2.18. The molecule has 0 aliphatic carbocycles. The first-order chi connectivity index (χ1) is 10.9. The van der Waals surface area contributed by atoms with Crippen molar-refractivity contribution in [2.75, 3.05) is 0 Å². The normalized spacial score (nSPS) is 9.57. The molecule has 2 rings (SSSR count). The smallest absolute Gasteiger partial charge is 0.336 e. The molecule has 0 atom stereocenters. The molecule has 2 aromatic carbocycles. The second-order valence-corrected chi connectivity index (χ2v) is 4.47. The molecule has 23 heavy (non-hydrogen) atoms. The third-order valence-electron chi connectivity index (χ3n) is 2.98. The molecule has 0 aromatic heterocycles. The molecule has 0 aliphatic rings. The molecule has 0 radical (unpaired) electrons. The molecule has 0 amide bonds. The van der Waals surface area contributed by atoms with Crippen LogP contribution < -0.4 is 0 Å². The number of carboxylic acid groups (broad SMARTS) is 3. The zero-order chi connectivity index (χ0) is 17.0. The maximum Gasteiger partial charge on any atom is 0.336 e. The molecule has 3 N–H and O–H groups in total. The monoisotopic (exact) mass is 310 g/mol. The molecule has 6 heteroatoms. The summed E-state index contributed by atoms with van der Waals surface area (Å²) < 4.78 is 0. The Kier molecular flexibility index (Phi) is 4.43. The van der Waals surface area contributed by atoms with Crippen molar-refractivity contribution in [3.05, 3.63) is 70.3 Å². The summed E-state index contributed by atoms with van der Waals surface area (Å²) >= 11 is 0. The standard InChI is InChI=1S/C17H10O6/c18-15(19)12-4-2-1-3-11(12)7-5-10-6-8-13(16(20)21)14(9-10)17(22)23/h1-4,6,8-9H,(H,18,19)(H,20,21)(H,22,23). The topological polar surface area (TPSA) is 112 Å². The van der Waals surface area contributed by atoms with E-state index in [-0.39, 0.29) is 27.8 Å². The van der Waals surface area contributed by atoms with E-state index >= 15 is 0 Å². The van der Waals surface area contributed by atoms with Crippen molar-refractivity contribution in [3.8, 4) is 11.8 Å². The van der Waals surface area contributed by atoms with Crippen molar-refractivity contribution < 1.29 is 29.7 Å². The number of hydrogen-bond donors (Lipinski definition) is 3. The fraction of sp³-hybridized carbons (Fsp3) is 0. The van der Waals surface area contributed by atoms with Gasteiger partial charge in [-0.3, -0.25) is 0 Å². The molecule has 0 saturated heterocycles. The van der Waals surface area contributed by atoms with E-state index in [9.17, 15) is 14.4 Å². The minimum atomic E-state index is -1.38. The maximum atomic E-state index is 11.1. The minimum absolute atomic E-state index is 0.0283. The highest BCUT2D eigenvalue weighted by Crippen LogP contribution is 2.13. The largest absolute Gasteiger partial charge is 0.478 e. The summed E-state index contributed by atoms with van der Waals surface area (Å²) in [6.45, 7) is 0. The van der Waals surface area contributed by atoms with E-state index in [0.29, 0.717) is 0 Å². The van der Waals surface area contributed by atoms with E-state index in [0.717, 1.165) is 12.1 Å². The third-order valence-corrected chi connectivity index (χ3v) is 2.98. The van der Waals surface area contributed by atoms with Gasteiger partial charge in [0.05, 0.1) is 16.7 Å². The van der Waals surface area contributed by atoms with Crippen LogP contribution in [0.3, 0.4) is 0 Å². The van der Waals surface area contributed by atoms with Gasteiger partial charge in [0.2, 0.25) is 0 Å². The Morgan fingerprint density at radius 3 is 1.91 bits per heavy atom. The number of carboxylic acids is 3. The van der Waals surface area contributed by atoms with Crippen LogP contribution in [0.1, 0.15) is 42.2 Å². The quantitative estimate of drug-likeness (QED) is 0.749. The summed E-state index contributed by atoms with van der Waals surface area (Å²) in [6.07, 6.45) is 0. The summed E-state index contributed by atoms with van der Waals surface area (Å²) in [6, 6.07) is 9.79. The highest BCUT2D eigenvalue weighted by atomic mass is 16.4. The molecule has 114 valence electrons. The average Bonchev–Trinajstić information content (AvgIpc) is 2.52. The fourth-order valence-corrected chi connectivity index (χ4v) is 1.90. The van der Waals surface area contributed by atoms with E-state index in [4.69, 9.17) is 15.3 Å². The summed E-state index contributed by atoms with van der Waals surface area (Å²) in [7, 11) is 0.